The first-order chi connectivity index (χ1) is 13.4. The van der Waals surface area contributed by atoms with E-state index in [1.54, 1.807) is 11.4 Å². The Bertz CT molecular complexity index is 832. The molecule has 28 heavy (non-hydrogen) atoms. The third kappa shape index (κ3) is 5.23. The highest BCUT2D eigenvalue weighted by Gasteiger charge is 2.26. The van der Waals surface area contributed by atoms with Crippen molar-refractivity contribution < 1.29 is 13.2 Å². The summed E-state index contributed by atoms with van der Waals surface area (Å²) in [5.74, 6) is 1.25. The summed E-state index contributed by atoms with van der Waals surface area (Å²) in [5, 5.41) is 9.58. The number of piperidine rings is 1. The van der Waals surface area contributed by atoms with Crippen LogP contribution in [-0.2, 0) is 14.8 Å². The van der Waals surface area contributed by atoms with Gasteiger partial charge in [-0.3, -0.25) is 9.79 Å². The third-order valence-corrected chi connectivity index (χ3v) is 6.75. The zero-order chi connectivity index (χ0) is 20.1. The van der Waals surface area contributed by atoms with Crippen LogP contribution < -0.4 is 16.0 Å². The van der Waals surface area contributed by atoms with Gasteiger partial charge in [0.1, 0.15) is 0 Å². The number of nitrogens with one attached hydrogen (secondary N) is 3. The zero-order valence-corrected chi connectivity index (χ0v) is 17.3. The summed E-state index contributed by atoms with van der Waals surface area (Å²) >= 11 is 0. The number of anilines is 1. The van der Waals surface area contributed by atoms with Gasteiger partial charge in [0.25, 0.3) is 0 Å². The van der Waals surface area contributed by atoms with Gasteiger partial charge in [0.05, 0.1) is 6.26 Å². The topological polar surface area (TPSA) is 103 Å². The highest BCUT2D eigenvalue weighted by atomic mass is 32.2. The van der Waals surface area contributed by atoms with Crippen molar-refractivity contribution in [2.45, 2.75) is 25.2 Å². The van der Waals surface area contributed by atoms with Crippen molar-refractivity contribution in [3.8, 4) is 0 Å². The van der Waals surface area contributed by atoms with Crippen LogP contribution in [0, 0.1) is 5.92 Å². The number of guanidine groups is 1. The average Bonchev–Trinajstić information content (AvgIpc) is 2.67. The molecule has 0 spiro atoms. The molecule has 3 rings (SSSR count). The molecule has 2 heterocycles. The Hall–Kier alpha value is -2.13. The van der Waals surface area contributed by atoms with Crippen LogP contribution in [0.4, 0.5) is 5.69 Å². The lowest BCUT2D eigenvalue weighted by atomic mass is 9.90. The van der Waals surface area contributed by atoms with Gasteiger partial charge in [-0.15, -0.1) is 0 Å². The second-order valence-electron chi connectivity index (χ2n) is 7.48. The minimum atomic E-state index is -3.09. The number of nitrogens with zero attached hydrogens (tertiary/aromatic N) is 2. The summed E-state index contributed by atoms with van der Waals surface area (Å²) in [6.07, 6.45) is 3.40. The standard InChI is InChI=1S/C19H29N5O3S/c1-20-19(21-12-14-7-9-24(10-8-14)28(2,26)27)22-13-15-11-18(25)23-17-6-4-3-5-16(15)17/h3-6,14-15H,7-13H2,1-2H3,(H,23,25)(H2,20,21,22). The van der Waals surface area contributed by atoms with Crippen molar-refractivity contribution in [2.75, 3.05) is 44.8 Å². The third-order valence-electron chi connectivity index (χ3n) is 5.45. The number of para-hydroxylation sites is 1. The fraction of sp³-hybridized carbons (Fsp3) is 0.579. The monoisotopic (exact) mass is 407 g/mol. The van der Waals surface area contributed by atoms with Crippen LogP contribution in [0.1, 0.15) is 30.7 Å². The molecule has 1 fully saturated rings. The summed E-state index contributed by atoms with van der Waals surface area (Å²) in [7, 11) is -1.37. The van der Waals surface area contributed by atoms with Gasteiger partial charge < -0.3 is 16.0 Å². The van der Waals surface area contributed by atoms with Gasteiger partial charge in [-0.05, 0) is 30.4 Å². The van der Waals surface area contributed by atoms with Crippen LogP contribution in [0.25, 0.3) is 0 Å². The molecule has 1 atom stereocenters. The predicted molar refractivity (Wildman–Crippen MR) is 111 cm³/mol. The number of rotatable bonds is 5. The molecule has 0 saturated carbocycles. The van der Waals surface area contributed by atoms with Crippen molar-refractivity contribution in [2.24, 2.45) is 10.9 Å². The maximum atomic E-state index is 11.9. The average molecular weight is 408 g/mol. The first-order valence-corrected chi connectivity index (χ1v) is 11.5. The molecule has 2 aliphatic rings. The van der Waals surface area contributed by atoms with Crippen molar-refractivity contribution >= 4 is 27.6 Å². The second kappa shape index (κ2) is 8.91. The number of fused-ring (bicyclic) bond motifs is 1. The molecule has 0 radical (unpaired) electrons. The van der Waals surface area contributed by atoms with Crippen molar-refractivity contribution in [1.29, 1.82) is 0 Å². The first-order valence-electron chi connectivity index (χ1n) is 9.65. The van der Waals surface area contributed by atoms with Crippen LogP contribution in [-0.4, -0.2) is 64.1 Å². The number of hydrogen-bond acceptors (Lipinski definition) is 4. The Morgan fingerprint density at radius 3 is 2.57 bits per heavy atom. The molecule has 1 aromatic carbocycles. The number of benzene rings is 1. The van der Waals surface area contributed by atoms with E-state index in [1.165, 1.54) is 6.26 Å². The van der Waals surface area contributed by atoms with Crippen LogP contribution in [0.15, 0.2) is 29.3 Å². The van der Waals surface area contributed by atoms with E-state index in [-0.39, 0.29) is 11.8 Å². The highest BCUT2D eigenvalue weighted by Crippen LogP contribution is 2.31. The van der Waals surface area contributed by atoms with Crippen molar-refractivity contribution in [3.05, 3.63) is 29.8 Å². The van der Waals surface area contributed by atoms with E-state index in [0.29, 0.717) is 37.9 Å². The van der Waals surface area contributed by atoms with Gasteiger partial charge in [0, 0.05) is 51.3 Å². The summed E-state index contributed by atoms with van der Waals surface area (Å²) in [6, 6.07) is 7.88. The lowest BCUT2D eigenvalue weighted by Gasteiger charge is -2.31. The fourth-order valence-electron chi connectivity index (χ4n) is 3.81. The first kappa shape index (κ1) is 20.6. The molecular weight excluding hydrogens is 378 g/mol. The molecule has 9 heteroatoms. The Morgan fingerprint density at radius 1 is 1.21 bits per heavy atom. The molecule has 1 unspecified atom stereocenters. The number of carbonyl (C=O) groups excluding carboxylic acids is 1. The molecular formula is C19H29N5O3S. The fourth-order valence-corrected chi connectivity index (χ4v) is 4.68. The van der Waals surface area contributed by atoms with Gasteiger partial charge in [0.15, 0.2) is 5.96 Å². The van der Waals surface area contributed by atoms with Gasteiger partial charge in [-0.2, -0.15) is 0 Å². The number of sulfonamides is 1. The Morgan fingerprint density at radius 2 is 1.89 bits per heavy atom. The molecule has 1 amide bonds. The second-order valence-corrected chi connectivity index (χ2v) is 9.46. The van der Waals surface area contributed by atoms with E-state index < -0.39 is 10.0 Å². The minimum absolute atomic E-state index is 0.0334. The Kier molecular flexibility index (Phi) is 6.56. The van der Waals surface area contributed by atoms with Crippen LogP contribution >= 0.6 is 0 Å². The normalized spacial score (nSPS) is 21.7. The lowest BCUT2D eigenvalue weighted by molar-refractivity contribution is -0.116. The van der Waals surface area contributed by atoms with Gasteiger partial charge in [0.2, 0.25) is 15.9 Å². The largest absolute Gasteiger partial charge is 0.356 e. The number of hydrogen-bond donors (Lipinski definition) is 3. The number of carbonyl (C=O) groups is 1. The Balaban J connectivity index is 1.48. The van der Waals surface area contributed by atoms with E-state index in [1.807, 2.05) is 24.3 Å². The van der Waals surface area contributed by atoms with Gasteiger partial charge >= 0.3 is 0 Å². The number of amides is 1. The van der Waals surface area contributed by atoms with Crippen molar-refractivity contribution in [3.63, 3.8) is 0 Å². The van der Waals surface area contributed by atoms with E-state index in [2.05, 4.69) is 20.9 Å². The lowest BCUT2D eigenvalue weighted by Crippen LogP contribution is -2.45. The smallest absolute Gasteiger partial charge is 0.225 e. The van der Waals surface area contributed by atoms with Crippen LogP contribution in [0.3, 0.4) is 0 Å². The van der Waals surface area contributed by atoms with E-state index in [4.69, 9.17) is 0 Å². The molecule has 0 bridgehead atoms. The van der Waals surface area contributed by atoms with Crippen molar-refractivity contribution in [1.82, 2.24) is 14.9 Å². The quantitative estimate of drug-likeness (QED) is 0.498. The van der Waals surface area contributed by atoms with E-state index in [9.17, 15) is 13.2 Å². The summed E-state index contributed by atoms with van der Waals surface area (Å²) in [6.45, 7) is 2.52. The minimum Gasteiger partial charge on any atom is -0.356 e. The molecule has 2 aliphatic heterocycles. The molecule has 1 aromatic rings. The highest BCUT2D eigenvalue weighted by molar-refractivity contribution is 7.88. The van der Waals surface area contributed by atoms with E-state index in [0.717, 1.165) is 30.6 Å². The van der Waals surface area contributed by atoms with Crippen LogP contribution in [0.2, 0.25) is 0 Å². The maximum absolute atomic E-state index is 11.9. The molecule has 1 saturated heterocycles. The predicted octanol–water partition coefficient (Wildman–Crippen LogP) is 0.949. The van der Waals surface area contributed by atoms with Crippen LogP contribution in [0.5, 0.6) is 0 Å². The molecule has 8 nitrogen and oxygen atoms in total. The summed E-state index contributed by atoms with van der Waals surface area (Å²) in [4.78, 5) is 16.2. The summed E-state index contributed by atoms with van der Waals surface area (Å²) in [5.41, 5.74) is 2.02. The molecule has 0 aromatic heterocycles. The Labute approximate surface area is 166 Å². The van der Waals surface area contributed by atoms with E-state index >= 15 is 0 Å². The SMILES string of the molecule is CN=C(NCC1CCN(S(C)(=O)=O)CC1)NCC1CC(=O)Nc2ccccc21. The summed E-state index contributed by atoms with van der Waals surface area (Å²) < 4.78 is 24.8. The van der Waals surface area contributed by atoms with Gasteiger partial charge in [-0.1, -0.05) is 18.2 Å². The number of aliphatic imine (C=N–C) groups is 1. The van der Waals surface area contributed by atoms with Gasteiger partial charge in [-0.25, -0.2) is 12.7 Å². The molecule has 3 N–H and O–H groups in total. The molecule has 154 valence electrons. The molecule has 0 aliphatic carbocycles. The zero-order valence-electron chi connectivity index (χ0n) is 16.4. The maximum Gasteiger partial charge on any atom is 0.225 e.